The maximum atomic E-state index is 5.60. The second-order valence-corrected chi connectivity index (χ2v) is 6.93. The first-order chi connectivity index (χ1) is 12.7. The lowest BCUT2D eigenvalue weighted by molar-refractivity contribution is 0.389. The van der Waals surface area contributed by atoms with Gasteiger partial charge in [0.1, 0.15) is 17.2 Å². The number of anilines is 1. The van der Waals surface area contributed by atoms with E-state index in [-0.39, 0.29) is 0 Å². The van der Waals surface area contributed by atoms with Gasteiger partial charge < -0.3 is 19.1 Å². The van der Waals surface area contributed by atoms with Crippen LogP contribution in [0.15, 0.2) is 48.6 Å². The van der Waals surface area contributed by atoms with Crippen LogP contribution < -0.4 is 19.1 Å². The Bertz CT molecular complexity index is 830. The molecule has 0 unspecified atom stereocenters. The Labute approximate surface area is 155 Å². The first kappa shape index (κ1) is 16.8. The summed E-state index contributed by atoms with van der Waals surface area (Å²) in [5.41, 5.74) is 3.82. The summed E-state index contributed by atoms with van der Waals surface area (Å²) >= 11 is 0. The quantitative estimate of drug-likeness (QED) is 0.748. The van der Waals surface area contributed by atoms with Gasteiger partial charge in [0, 0.05) is 36.3 Å². The Hall–Kier alpha value is -2.62. The van der Waals surface area contributed by atoms with E-state index < -0.39 is 0 Å². The number of rotatable bonds is 5. The fourth-order valence-corrected chi connectivity index (χ4v) is 4.18. The monoisotopic (exact) mass is 351 g/mol. The summed E-state index contributed by atoms with van der Waals surface area (Å²) in [4.78, 5) is 2.47. The van der Waals surface area contributed by atoms with Crippen LogP contribution in [0.4, 0.5) is 5.69 Å². The summed E-state index contributed by atoms with van der Waals surface area (Å²) in [6.45, 7) is 1.86. The zero-order chi connectivity index (χ0) is 18.1. The van der Waals surface area contributed by atoms with E-state index >= 15 is 0 Å². The first-order valence-electron chi connectivity index (χ1n) is 9.04. The number of hydrogen-bond acceptors (Lipinski definition) is 4. The highest BCUT2D eigenvalue weighted by Gasteiger charge is 2.34. The molecular formula is C22H25NO3. The number of fused-ring (bicyclic) bond motifs is 3. The summed E-state index contributed by atoms with van der Waals surface area (Å²) in [5.74, 6) is 3.72. The van der Waals surface area contributed by atoms with Crippen molar-refractivity contribution in [1.29, 1.82) is 0 Å². The van der Waals surface area contributed by atoms with Gasteiger partial charge in [-0.1, -0.05) is 12.2 Å². The molecule has 4 heteroatoms. The van der Waals surface area contributed by atoms with Crippen LogP contribution in [0, 0.1) is 5.92 Å². The third kappa shape index (κ3) is 2.90. The van der Waals surface area contributed by atoms with Gasteiger partial charge in [-0.2, -0.15) is 0 Å². The fraction of sp³-hybridized carbons (Fsp3) is 0.364. The summed E-state index contributed by atoms with van der Waals surface area (Å²) in [6.07, 6.45) is 5.81. The van der Waals surface area contributed by atoms with Crippen LogP contribution in [0.25, 0.3) is 0 Å². The number of allylic oxidation sites excluding steroid dienone is 2. The number of benzene rings is 2. The minimum Gasteiger partial charge on any atom is -0.497 e. The van der Waals surface area contributed by atoms with E-state index in [0.717, 1.165) is 36.8 Å². The number of ether oxygens (including phenoxy) is 3. The van der Waals surface area contributed by atoms with E-state index in [4.69, 9.17) is 14.2 Å². The molecule has 2 aliphatic rings. The van der Waals surface area contributed by atoms with Gasteiger partial charge >= 0.3 is 0 Å². The normalized spacial score (nSPS) is 20.5. The summed E-state index contributed by atoms with van der Waals surface area (Å²) in [7, 11) is 5.12. The molecule has 1 aliphatic carbocycles. The zero-order valence-electron chi connectivity index (χ0n) is 15.6. The SMILES string of the molecule is COc1ccc(CN2C[C@H]3CC=C[C@@H]3c3cc(OC)ccc32)c(OC)c1. The van der Waals surface area contributed by atoms with E-state index in [9.17, 15) is 0 Å². The highest BCUT2D eigenvalue weighted by molar-refractivity contribution is 5.62. The molecule has 1 heterocycles. The predicted octanol–water partition coefficient (Wildman–Crippen LogP) is 4.39. The molecule has 26 heavy (non-hydrogen) atoms. The molecule has 1 aliphatic heterocycles. The van der Waals surface area contributed by atoms with Crippen LogP contribution >= 0.6 is 0 Å². The second kappa shape index (κ2) is 6.94. The van der Waals surface area contributed by atoms with Gasteiger partial charge in [0.25, 0.3) is 0 Å². The standard InChI is InChI=1S/C22H25NO3/c1-24-17-9-10-21-20(11-17)19-6-4-5-15(19)13-23(21)14-16-7-8-18(25-2)12-22(16)26-3/h4,6-12,15,19H,5,13-14H2,1-3H3/t15-,19+/m1/s1. The summed E-state index contributed by atoms with van der Waals surface area (Å²) in [5, 5.41) is 0. The van der Waals surface area contributed by atoms with Crippen LogP contribution in [0.1, 0.15) is 23.5 Å². The number of nitrogens with zero attached hydrogens (tertiary/aromatic N) is 1. The molecule has 2 aromatic carbocycles. The molecule has 4 nitrogen and oxygen atoms in total. The van der Waals surface area contributed by atoms with E-state index in [1.165, 1.54) is 16.8 Å². The molecule has 0 amide bonds. The zero-order valence-corrected chi connectivity index (χ0v) is 15.6. The third-order valence-corrected chi connectivity index (χ3v) is 5.53. The Morgan fingerprint density at radius 3 is 2.50 bits per heavy atom. The van der Waals surface area contributed by atoms with Crippen molar-refractivity contribution in [2.24, 2.45) is 5.92 Å². The van der Waals surface area contributed by atoms with E-state index in [0.29, 0.717) is 11.8 Å². The smallest absolute Gasteiger partial charge is 0.127 e. The summed E-state index contributed by atoms with van der Waals surface area (Å²) in [6, 6.07) is 12.5. The molecule has 4 rings (SSSR count). The molecule has 0 N–H and O–H groups in total. The van der Waals surface area contributed by atoms with Gasteiger partial charge in [-0.3, -0.25) is 0 Å². The molecule has 0 spiro atoms. The van der Waals surface area contributed by atoms with Crippen molar-refractivity contribution < 1.29 is 14.2 Å². The van der Waals surface area contributed by atoms with Crippen molar-refractivity contribution in [2.45, 2.75) is 18.9 Å². The van der Waals surface area contributed by atoms with Crippen molar-refractivity contribution >= 4 is 5.69 Å². The summed E-state index contributed by atoms with van der Waals surface area (Å²) < 4.78 is 16.4. The predicted molar refractivity (Wildman–Crippen MR) is 104 cm³/mol. The molecule has 0 saturated heterocycles. The molecule has 2 atom stereocenters. The van der Waals surface area contributed by atoms with Crippen molar-refractivity contribution in [3.8, 4) is 17.2 Å². The maximum absolute atomic E-state index is 5.60. The molecule has 0 fully saturated rings. The first-order valence-corrected chi connectivity index (χ1v) is 9.04. The van der Waals surface area contributed by atoms with Crippen LogP contribution in [0.3, 0.4) is 0 Å². The molecule has 0 aromatic heterocycles. The van der Waals surface area contributed by atoms with Crippen molar-refractivity contribution in [3.05, 3.63) is 59.7 Å². The second-order valence-electron chi connectivity index (χ2n) is 6.93. The van der Waals surface area contributed by atoms with Crippen molar-refractivity contribution in [1.82, 2.24) is 0 Å². The van der Waals surface area contributed by atoms with Crippen LogP contribution in [-0.4, -0.2) is 27.9 Å². The Kier molecular flexibility index (Phi) is 4.49. The highest BCUT2D eigenvalue weighted by Crippen LogP contribution is 2.46. The largest absolute Gasteiger partial charge is 0.497 e. The van der Waals surface area contributed by atoms with Crippen molar-refractivity contribution in [3.63, 3.8) is 0 Å². The molecule has 2 aromatic rings. The number of hydrogen-bond donors (Lipinski definition) is 0. The molecule has 136 valence electrons. The lowest BCUT2D eigenvalue weighted by Crippen LogP contribution is -2.35. The maximum Gasteiger partial charge on any atom is 0.127 e. The van der Waals surface area contributed by atoms with E-state index in [2.05, 4.69) is 41.3 Å². The van der Waals surface area contributed by atoms with Crippen molar-refractivity contribution in [2.75, 3.05) is 32.8 Å². The van der Waals surface area contributed by atoms with E-state index in [1.54, 1.807) is 21.3 Å². The number of methoxy groups -OCH3 is 3. The molecule has 0 saturated carbocycles. The average Bonchev–Trinajstić information content (AvgIpc) is 3.16. The van der Waals surface area contributed by atoms with Crippen LogP contribution in [0.2, 0.25) is 0 Å². The van der Waals surface area contributed by atoms with Gasteiger partial charge in [0.15, 0.2) is 0 Å². The fourth-order valence-electron chi connectivity index (χ4n) is 4.18. The van der Waals surface area contributed by atoms with Gasteiger partial charge in [-0.05, 0) is 48.2 Å². The Morgan fingerprint density at radius 2 is 1.73 bits per heavy atom. The molecule has 0 bridgehead atoms. The van der Waals surface area contributed by atoms with Gasteiger partial charge in [0.05, 0.1) is 21.3 Å². The average molecular weight is 351 g/mol. The molecular weight excluding hydrogens is 326 g/mol. The topological polar surface area (TPSA) is 30.9 Å². The van der Waals surface area contributed by atoms with Crippen LogP contribution in [0.5, 0.6) is 17.2 Å². The Balaban J connectivity index is 1.69. The van der Waals surface area contributed by atoms with Gasteiger partial charge in [0.2, 0.25) is 0 Å². The minimum atomic E-state index is 0.495. The third-order valence-electron chi connectivity index (χ3n) is 5.53. The lowest BCUT2D eigenvalue weighted by Gasteiger charge is -2.38. The lowest BCUT2D eigenvalue weighted by atomic mass is 9.83. The van der Waals surface area contributed by atoms with Gasteiger partial charge in [-0.25, -0.2) is 0 Å². The minimum absolute atomic E-state index is 0.495. The van der Waals surface area contributed by atoms with Gasteiger partial charge in [-0.15, -0.1) is 0 Å². The van der Waals surface area contributed by atoms with Crippen LogP contribution in [-0.2, 0) is 6.54 Å². The van der Waals surface area contributed by atoms with E-state index in [1.807, 2.05) is 12.1 Å². The molecule has 0 radical (unpaired) electrons. The Morgan fingerprint density at radius 1 is 0.962 bits per heavy atom. The highest BCUT2D eigenvalue weighted by atomic mass is 16.5.